The summed E-state index contributed by atoms with van der Waals surface area (Å²) in [6.07, 6.45) is 0. The van der Waals surface area contributed by atoms with E-state index in [9.17, 15) is 14.7 Å². The Morgan fingerprint density at radius 2 is 1.83 bits per heavy atom. The first-order valence-electron chi connectivity index (χ1n) is 6.94. The van der Waals surface area contributed by atoms with E-state index in [1.54, 1.807) is 23.5 Å². The van der Waals surface area contributed by atoms with Crippen LogP contribution >= 0.6 is 11.3 Å². The van der Waals surface area contributed by atoms with Crippen molar-refractivity contribution in [1.82, 2.24) is 10.8 Å². The molecule has 0 unspecified atom stereocenters. The molecule has 4 N–H and O–H groups in total. The molecule has 0 spiro atoms. The minimum Gasteiger partial charge on any atom is -0.388 e. The number of amides is 2. The van der Waals surface area contributed by atoms with Crippen molar-refractivity contribution >= 4 is 23.2 Å². The fourth-order valence-electron chi connectivity index (χ4n) is 2.07. The van der Waals surface area contributed by atoms with E-state index in [0.717, 1.165) is 10.4 Å². The predicted molar refractivity (Wildman–Crippen MR) is 87.2 cm³/mol. The van der Waals surface area contributed by atoms with Gasteiger partial charge in [-0.1, -0.05) is 18.2 Å². The topological polar surface area (TPSA) is 98.7 Å². The molecule has 0 aliphatic heterocycles. The Balaban J connectivity index is 2.15. The van der Waals surface area contributed by atoms with Crippen molar-refractivity contribution in [3.63, 3.8) is 0 Å². The van der Waals surface area contributed by atoms with Gasteiger partial charge in [0.1, 0.15) is 6.04 Å². The van der Waals surface area contributed by atoms with Crippen LogP contribution < -0.4 is 10.8 Å². The van der Waals surface area contributed by atoms with Gasteiger partial charge in [0.15, 0.2) is 0 Å². The van der Waals surface area contributed by atoms with E-state index in [0.29, 0.717) is 5.56 Å². The van der Waals surface area contributed by atoms with Gasteiger partial charge in [-0.25, -0.2) is 5.48 Å². The molecule has 1 aromatic carbocycles. The van der Waals surface area contributed by atoms with Crippen LogP contribution in [0.2, 0.25) is 0 Å². The molecule has 1 aromatic heterocycles. The van der Waals surface area contributed by atoms with Gasteiger partial charge in [-0.3, -0.25) is 14.8 Å². The van der Waals surface area contributed by atoms with Crippen molar-refractivity contribution in [2.24, 2.45) is 0 Å². The number of thiophene rings is 1. The second kappa shape index (κ2) is 6.91. The Morgan fingerprint density at radius 3 is 2.30 bits per heavy atom. The number of carbonyl (C=O) groups excluding carboxylic acids is 2. The second-order valence-corrected chi connectivity index (χ2v) is 6.54. The zero-order valence-electron chi connectivity index (χ0n) is 12.7. The van der Waals surface area contributed by atoms with Gasteiger partial charge in [-0.05, 0) is 43.0 Å². The van der Waals surface area contributed by atoms with Crippen LogP contribution in [-0.4, -0.2) is 33.8 Å². The third-order valence-electron chi connectivity index (χ3n) is 3.31. The molecule has 0 saturated heterocycles. The van der Waals surface area contributed by atoms with Crippen LogP contribution in [0.5, 0.6) is 0 Å². The number of benzene rings is 1. The summed E-state index contributed by atoms with van der Waals surface area (Å²) in [6, 6.07) is 9.55. The zero-order chi connectivity index (χ0) is 17.0. The highest BCUT2D eigenvalue weighted by molar-refractivity contribution is 7.13. The average Bonchev–Trinajstić information content (AvgIpc) is 3.05. The van der Waals surface area contributed by atoms with Gasteiger partial charge >= 0.3 is 0 Å². The first-order chi connectivity index (χ1) is 10.8. The molecular formula is C16H18N2O4S. The summed E-state index contributed by atoms with van der Waals surface area (Å²) in [5, 5.41) is 23.1. The minimum absolute atomic E-state index is 0.352. The molecule has 2 aromatic rings. The number of hydrogen-bond donors (Lipinski definition) is 4. The standard InChI is InChI=1S/C16H18N2O4S/c1-16(2,21)13(15(20)18-22)17-14(19)11-7-5-10(6-8-11)12-4-3-9-23-12/h3-9,13,21-22H,1-2H3,(H,17,19)(H,18,20)/t13-/m1/s1. The fourth-order valence-corrected chi connectivity index (χ4v) is 2.80. The van der Waals surface area contributed by atoms with Crippen molar-refractivity contribution in [2.75, 3.05) is 0 Å². The first kappa shape index (κ1) is 17.1. The van der Waals surface area contributed by atoms with Gasteiger partial charge in [-0.2, -0.15) is 0 Å². The Labute approximate surface area is 137 Å². The number of aliphatic hydroxyl groups is 1. The molecule has 2 rings (SSSR count). The van der Waals surface area contributed by atoms with E-state index in [1.807, 2.05) is 29.6 Å². The monoisotopic (exact) mass is 334 g/mol. The molecule has 7 heteroatoms. The van der Waals surface area contributed by atoms with Crippen LogP contribution in [0.15, 0.2) is 41.8 Å². The lowest BCUT2D eigenvalue weighted by Gasteiger charge is -2.28. The van der Waals surface area contributed by atoms with Gasteiger partial charge in [0.25, 0.3) is 11.8 Å². The highest BCUT2D eigenvalue weighted by Crippen LogP contribution is 2.24. The molecule has 23 heavy (non-hydrogen) atoms. The van der Waals surface area contributed by atoms with Gasteiger partial charge in [0.05, 0.1) is 5.60 Å². The highest BCUT2D eigenvalue weighted by Gasteiger charge is 2.34. The third kappa shape index (κ3) is 4.16. The molecule has 6 nitrogen and oxygen atoms in total. The van der Waals surface area contributed by atoms with Crippen molar-refractivity contribution in [3.05, 3.63) is 47.3 Å². The van der Waals surface area contributed by atoms with E-state index in [4.69, 9.17) is 5.21 Å². The number of carbonyl (C=O) groups is 2. The van der Waals surface area contributed by atoms with Crippen LogP contribution in [0.25, 0.3) is 10.4 Å². The number of hydroxylamine groups is 1. The Bertz CT molecular complexity index is 675. The highest BCUT2D eigenvalue weighted by atomic mass is 32.1. The summed E-state index contributed by atoms with van der Waals surface area (Å²) in [6.45, 7) is 2.74. The van der Waals surface area contributed by atoms with Gasteiger partial charge in [-0.15, -0.1) is 11.3 Å². The Hall–Kier alpha value is -2.22. The average molecular weight is 334 g/mol. The van der Waals surface area contributed by atoms with Gasteiger partial charge in [0.2, 0.25) is 0 Å². The molecule has 1 heterocycles. The maximum Gasteiger partial charge on any atom is 0.268 e. The summed E-state index contributed by atoms with van der Waals surface area (Å²) >= 11 is 1.60. The van der Waals surface area contributed by atoms with Crippen LogP contribution in [-0.2, 0) is 4.79 Å². The maximum absolute atomic E-state index is 12.2. The lowest BCUT2D eigenvalue weighted by atomic mass is 9.97. The van der Waals surface area contributed by atoms with Crippen molar-refractivity contribution < 1.29 is 19.9 Å². The molecular weight excluding hydrogens is 316 g/mol. The summed E-state index contributed by atoms with van der Waals surface area (Å²) in [5.41, 5.74) is 1.26. The third-order valence-corrected chi connectivity index (χ3v) is 4.23. The van der Waals surface area contributed by atoms with E-state index in [1.165, 1.54) is 19.3 Å². The predicted octanol–water partition coefficient (Wildman–Crippen LogP) is 1.79. The minimum atomic E-state index is -1.53. The van der Waals surface area contributed by atoms with Crippen molar-refractivity contribution in [2.45, 2.75) is 25.5 Å². The lowest BCUT2D eigenvalue weighted by molar-refractivity contribution is -0.136. The zero-order valence-corrected chi connectivity index (χ0v) is 13.6. The van der Waals surface area contributed by atoms with Crippen LogP contribution in [0.4, 0.5) is 0 Å². The fraction of sp³-hybridized carbons (Fsp3) is 0.250. The largest absolute Gasteiger partial charge is 0.388 e. The maximum atomic E-state index is 12.2. The number of nitrogens with one attached hydrogen (secondary N) is 2. The molecule has 1 atom stereocenters. The lowest BCUT2D eigenvalue weighted by Crippen LogP contribution is -2.57. The smallest absolute Gasteiger partial charge is 0.268 e. The molecule has 0 saturated carbocycles. The van der Waals surface area contributed by atoms with Crippen LogP contribution in [0.3, 0.4) is 0 Å². The normalized spacial score (nSPS) is 12.5. The Morgan fingerprint density at radius 1 is 1.17 bits per heavy atom. The molecule has 0 fully saturated rings. The van der Waals surface area contributed by atoms with Gasteiger partial charge in [0, 0.05) is 10.4 Å². The molecule has 0 aliphatic carbocycles. The number of rotatable bonds is 5. The molecule has 0 radical (unpaired) electrons. The van der Waals surface area contributed by atoms with Crippen molar-refractivity contribution in [3.8, 4) is 10.4 Å². The molecule has 0 bridgehead atoms. The molecule has 2 amide bonds. The number of hydrogen-bond acceptors (Lipinski definition) is 5. The summed E-state index contributed by atoms with van der Waals surface area (Å²) < 4.78 is 0. The molecule has 0 aliphatic rings. The van der Waals surface area contributed by atoms with Gasteiger partial charge < -0.3 is 10.4 Å². The SMILES string of the molecule is CC(C)(O)[C@H](NC(=O)c1ccc(-c2cccs2)cc1)C(=O)NO. The van der Waals surface area contributed by atoms with E-state index in [2.05, 4.69) is 5.32 Å². The summed E-state index contributed by atoms with van der Waals surface area (Å²) in [5.74, 6) is -1.40. The van der Waals surface area contributed by atoms with E-state index >= 15 is 0 Å². The van der Waals surface area contributed by atoms with Crippen molar-refractivity contribution in [1.29, 1.82) is 0 Å². The van der Waals surface area contributed by atoms with E-state index < -0.39 is 23.5 Å². The molecule has 122 valence electrons. The summed E-state index contributed by atoms with van der Waals surface area (Å²) in [4.78, 5) is 24.9. The van der Waals surface area contributed by atoms with Crippen LogP contribution in [0.1, 0.15) is 24.2 Å². The Kier molecular flexibility index (Phi) is 5.15. The van der Waals surface area contributed by atoms with E-state index in [-0.39, 0.29) is 0 Å². The second-order valence-electron chi connectivity index (χ2n) is 5.59. The summed E-state index contributed by atoms with van der Waals surface area (Å²) in [7, 11) is 0. The first-order valence-corrected chi connectivity index (χ1v) is 7.82. The van der Waals surface area contributed by atoms with Crippen LogP contribution in [0, 0.1) is 0 Å². The quantitative estimate of drug-likeness (QED) is 0.495.